The van der Waals surface area contributed by atoms with Crippen molar-refractivity contribution in [3.05, 3.63) is 24.3 Å². The van der Waals surface area contributed by atoms with Crippen molar-refractivity contribution in [2.24, 2.45) is 5.92 Å². The number of aliphatic carboxylic acids is 1. The van der Waals surface area contributed by atoms with Crippen LogP contribution in [-0.4, -0.2) is 95.1 Å². The molecule has 1 aromatic rings. The van der Waals surface area contributed by atoms with Gasteiger partial charge in [0.15, 0.2) is 0 Å². The number of carbonyl (C=O) groups is 3. The number of carboxylic acid groups (broad SMARTS) is 1. The van der Waals surface area contributed by atoms with E-state index in [0.717, 1.165) is 25.9 Å². The summed E-state index contributed by atoms with van der Waals surface area (Å²) in [4.78, 5) is 42.3. The summed E-state index contributed by atoms with van der Waals surface area (Å²) in [6.07, 6.45) is 2.04. The molecule has 1 atom stereocenters. The number of anilines is 1. The van der Waals surface area contributed by atoms with Gasteiger partial charge in [0, 0.05) is 57.9 Å². The third kappa shape index (κ3) is 6.43. The van der Waals surface area contributed by atoms with Gasteiger partial charge in [0.1, 0.15) is 5.75 Å². The highest BCUT2D eigenvalue weighted by molar-refractivity contribution is 5.93. The molecule has 3 rings (SSSR count). The van der Waals surface area contributed by atoms with E-state index in [9.17, 15) is 24.6 Å². The molecule has 3 N–H and O–H groups in total. The first-order valence-electron chi connectivity index (χ1n) is 10.4. The maximum atomic E-state index is 12.3. The molecule has 30 heavy (non-hydrogen) atoms. The van der Waals surface area contributed by atoms with E-state index >= 15 is 0 Å². The number of aromatic hydroxyl groups is 1. The molecule has 0 aliphatic carbocycles. The Morgan fingerprint density at radius 2 is 1.53 bits per heavy atom. The topological polar surface area (TPSA) is 113 Å². The van der Waals surface area contributed by atoms with Crippen molar-refractivity contribution in [2.75, 3.05) is 57.7 Å². The minimum atomic E-state index is -0.998. The largest absolute Gasteiger partial charge is 0.508 e. The van der Waals surface area contributed by atoms with E-state index in [1.165, 1.54) is 12.1 Å². The second-order valence-corrected chi connectivity index (χ2v) is 8.00. The standard InChI is InChI=1S/C21H30N4O5/c26-18-5-3-17(4-6-18)22-19(27)13-16(21(29)30)14-23-9-11-24(12-10-23)15-20(28)25-7-1-2-8-25/h3-6,16,26H,1-2,7-15H2,(H,22,27)(H,29,30)/t16-/m0/s1. The van der Waals surface area contributed by atoms with Crippen LogP contribution in [0.25, 0.3) is 0 Å². The van der Waals surface area contributed by atoms with Gasteiger partial charge in [0.05, 0.1) is 12.5 Å². The first-order chi connectivity index (χ1) is 14.4. The van der Waals surface area contributed by atoms with E-state index in [2.05, 4.69) is 10.2 Å². The van der Waals surface area contributed by atoms with Crippen LogP contribution in [0.1, 0.15) is 19.3 Å². The number of benzene rings is 1. The molecule has 0 aromatic heterocycles. The zero-order chi connectivity index (χ0) is 21.5. The number of nitrogens with one attached hydrogen (secondary N) is 1. The smallest absolute Gasteiger partial charge is 0.308 e. The van der Waals surface area contributed by atoms with E-state index in [0.29, 0.717) is 45.0 Å². The Bertz CT molecular complexity index is 740. The zero-order valence-electron chi connectivity index (χ0n) is 17.1. The summed E-state index contributed by atoms with van der Waals surface area (Å²) in [7, 11) is 0. The highest BCUT2D eigenvalue weighted by atomic mass is 16.4. The third-order valence-corrected chi connectivity index (χ3v) is 5.69. The lowest BCUT2D eigenvalue weighted by atomic mass is 10.0. The average molecular weight is 418 g/mol. The zero-order valence-corrected chi connectivity index (χ0v) is 17.1. The maximum Gasteiger partial charge on any atom is 0.308 e. The van der Waals surface area contributed by atoms with Crippen molar-refractivity contribution in [2.45, 2.75) is 19.3 Å². The number of hydrogen-bond donors (Lipinski definition) is 3. The molecular weight excluding hydrogens is 388 g/mol. The molecule has 9 heteroatoms. The number of carboxylic acids is 1. The van der Waals surface area contributed by atoms with Crippen molar-refractivity contribution in [1.29, 1.82) is 0 Å². The van der Waals surface area contributed by atoms with Crippen molar-refractivity contribution >= 4 is 23.5 Å². The molecule has 0 spiro atoms. The number of amides is 2. The lowest BCUT2D eigenvalue weighted by Crippen LogP contribution is -2.51. The Hall–Kier alpha value is -2.65. The molecule has 9 nitrogen and oxygen atoms in total. The number of hydrogen-bond acceptors (Lipinski definition) is 6. The molecule has 2 saturated heterocycles. The van der Waals surface area contributed by atoms with Gasteiger partial charge in [-0.05, 0) is 37.1 Å². The molecular formula is C21H30N4O5. The van der Waals surface area contributed by atoms with E-state index in [-0.39, 0.29) is 24.0 Å². The van der Waals surface area contributed by atoms with Crippen LogP contribution in [0.4, 0.5) is 5.69 Å². The van der Waals surface area contributed by atoms with Crippen LogP contribution in [0.5, 0.6) is 5.75 Å². The Morgan fingerprint density at radius 1 is 0.933 bits per heavy atom. The SMILES string of the molecule is O=C(C[C@@H](CN1CCN(CC(=O)N2CCCC2)CC1)C(=O)O)Nc1ccc(O)cc1. The molecule has 2 aliphatic rings. The molecule has 0 unspecified atom stereocenters. The number of piperazine rings is 1. The van der Waals surface area contributed by atoms with Gasteiger partial charge in [0.2, 0.25) is 11.8 Å². The molecule has 0 saturated carbocycles. The van der Waals surface area contributed by atoms with Gasteiger partial charge in [0.25, 0.3) is 0 Å². The highest BCUT2D eigenvalue weighted by Crippen LogP contribution is 2.16. The molecule has 0 radical (unpaired) electrons. The summed E-state index contributed by atoms with van der Waals surface area (Å²) in [5, 5.41) is 21.5. The normalized spacial score (nSPS) is 18.9. The van der Waals surface area contributed by atoms with Gasteiger partial charge in [-0.15, -0.1) is 0 Å². The first-order valence-corrected chi connectivity index (χ1v) is 10.4. The fourth-order valence-electron chi connectivity index (χ4n) is 3.91. The minimum Gasteiger partial charge on any atom is -0.508 e. The van der Waals surface area contributed by atoms with Crippen molar-refractivity contribution in [1.82, 2.24) is 14.7 Å². The Balaban J connectivity index is 1.43. The summed E-state index contributed by atoms with van der Waals surface area (Å²) in [6, 6.07) is 6.04. The highest BCUT2D eigenvalue weighted by Gasteiger charge is 2.28. The van der Waals surface area contributed by atoms with Gasteiger partial charge < -0.3 is 20.4 Å². The minimum absolute atomic E-state index is 0.0951. The van der Waals surface area contributed by atoms with Crippen LogP contribution in [0.15, 0.2) is 24.3 Å². The summed E-state index contributed by atoms with van der Waals surface area (Å²) >= 11 is 0. The molecule has 1 aromatic carbocycles. The van der Waals surface area contributed by atoms with Gasteiger partial charge in [-0.2, -0.15) is 0 Å². The van der Waals surface area contributed by atoms with Crippen LogP contribution in [0, 0.1) is 5.92 Å². The van der Waals surface area contributed by atoms with E-state index in [4.69, 9.17) is 0 Å². The fourth-order valence-corrected chi connectivity index (χ4v) is 3.91. The second kappa shape index (κ2) is 10.4. The molecule has 164 valence electrons. The summed E-state index contributed by atoms with van der Waals surface area (Å²) in [6.45, 7) is 5.21. The number of rotatable bonds is 8. The molecule has 2 amide bonds. The summed E-state index contributed by atoms with van der Waals surface area (Å²) in [5.41, 5.74) is 0.512. The van der Waals surface area contributed by atoms with Crippen LogP contribution >= 0.6 is 0 Å². The van der Waals surface area contributed by atoms with Gasteiger partial charge in [-0.3, -0.25) is 24.2 Å². The number of phenols is 1. The van der Waals surface area contributed by atoms with Crippen molar-refractivity contribution in [3.63, 3.8) is 0 Å². The predicted molar refractivity (Wildman–Crippen MR) is 111 cm³/mol. The van der Waals surface area contributed by atoms with Gasteiger partial charge >= 0.3 is 5.97 Å². The predicted octanol–water partition coefficient (Wildman–Crippen LogP) is 0.662. The molecule has 2 aliphatic heterocycles. The monoisotopic (exact) mass is 418 g/mol. The Morgan fingerprint density at radius 3 is 2.13 bits per heavy atom. The number of likely N-dealkylation sites (tertiary alicyclic amines) is 1. The van der Waals surface area contributed by atoms with Crippen molar-refractivity contribution in [3.8, 4) is 5.75 Å². The van der Waals surface area contributed by atoms with Crippen LogP contribution in [-0.2, 0) is 14.4 Å². The first kappa shape index (κ1) is 22.0. The van der Waals surface area contributed by atoms with Crippen LogP contribution in [0.3, 0.4) is 0 Å². The summed E-state index contributed by atoms with van der Waals surface area (Å²) in [5.74, 6) is -1.90. The lowest BCUT2D eigenvalue weighted by Gasteiger charge is -2.36. The number of nitrogens with zero attached hydrogens (tertiary/aromatic N) is 3. The van der Waals surface area contributed by atoms with Gasteiger partial charge in [-0.1, -0.05) is 0 Å². The lowest BCUT2D eigenvalue weighted by molar-refractivity contribution is -0.144. The number of carbonyl (C=O) groups excluding carboxylic acids is 2. The third-order valence-electron chi connectivity index (χ3n) is 5.69. The maximum absolute atomic E-state index is 12.3. The van der Waals surface area contributed by atoms with E-state index in [1.807, 2.05) is 9.80 Å². The second-order valence-electron chi connectivity index (χ2n) is 8.00. The van der Waals surface area contributed by atoms with Gasteiger partial charge in [-0.25, -0.2) is 0 Å². The molecule has 2 fully saturated rings. The Labute approximate surface area is 176 Å². The van der Waals surface area contributed by atoms with Crippen LogP contribution in [0.2, 0.25) is 0 Å². The van der Waals surface area contributed by atoms with E-state index in [1.54, 1.807) is 12.1 Å². The fraction of sp³-hybridized carbons (Fsp3) is 0.571. The van der Waals surface area contributed by atoms with Crippen LogP contribution < -0.4 is 5.32 Å². The molecule has 0 bridgehead atoms. The summed E-state index contributed by atoms with van der Waals surface area (Å²) < 4.78 is 0. The average Bonchev–Trinajstić information content (AvgIpc) is 3.25. The Kier molecular flexibility index (Phi) is 7.64. The number of phenolic OH excluding ortho intramolecular Hbond substituents is 1. The van der Waals surface area contributed by atoms with E-state index < -0.39 is 11.9 Å². The van der Waals surface area contributed by atoms with Crippen molar-refractivity contribution < 1.29 is 24.6 Å². The quantitative estimate of drug-likeness (QED) is 0.532. The molecule has 2 heterocycles.